The summed E-state index contributed by atoms with van der Waals surface area (Å²) in [6.07, 6.45) is 7.17. The summed E-state index contributed by atoms with van der Waals surface area (Å²) in [6, 6.07) is 7.69. The maximum atomic E-state index is 13.0. The summed E-state index contributed by atoms with van der Waals surface area (Å²) >= 11 is 3.45. The van der Waals surface area contributed by atoms with E-state index in [1.54, 1.807) is 4.90 Å². The van der Waals surface area contributed by atoms with Crippen LogP contribution in [0.15, 0.2) is 41.1 Å². The summed E-state index contributed by atoms with van der Waals surface area (Å²) in [6.45, 7) is 5.13. The monoisotopic (exact) mass is 458 g/mol. The summed E-state index contributed by atoms with van der Waals surface area (Å²) in [5.41, 5.74) is 0.852. The zero-order chi connectivity index (χ0) is 20.4. The Kier molecular flexibility index (Phi) is 6.04. The maximum Gasteiger partial charge on any atom is 0.228 e. The van der Waals surface area contributed by atoms with Gasteiger partial charge in [-0.15, -0.1) is 0 Å². The van der Waals surface area contributed by atoms with Gasteiger partial charge in [0.25, 0.3) is 0 Å². The number of hydrogen-bond acceptors (Lipinski definition) is 3. The molecule has 2 fully saturated rings. The molecule has 1 aromatic heterocycles. The van der Waals surface area contributed by atoms with Gasteiger partial charge in [-0.3, -0.25) is 9.59 Å². The number of halogens is 1. The van der Waals surface area contributed by atoms with Crippen LogP contribution in [0.25, 0.3) is 0 Å². The summed E-state index contributed by atoms with van der Waals surface area (Å²) in [4.78, 5) is 33.6. The molecule has 0 bridgehead atoms. The topological polar surface area (TPSA) is 58.4 Å². The summed E-state index contributed by atoms with van der Waals surface area (Å²) in [5.74, 6) is 1.62. The average Bonchev–Trinajstić information content (AvgIpc) is 3.34. The van der Waals surface area contributed by atoms with E-state index in [1.807, 2.05) is 35.4 Å². The van der Waals surface area contributed by atoms with Crippen molar-refractivity contribution in [2.24, 2.45) is 11.8 Å². The van der Waals surface area contributed by atoms with Gasteiger partial charge in [-0.05, 0) is 37.0 Å². The predicted octanol–water partition coefficient (Wildman–Crippen LogP) is 3.50. The van der Waals surface area contributed by atoms with E-state index in [0.717, 1.165) is 54.9 Å². The standard InChI is InChI=1S/C22H27BrN4O2/c1-2-20-24-8-11-26(20)14-16-6-9-25(10-7-16)22(29)17-12-21(28)27(15-17)19-5-3-4-18(23)13-19/h3-5,8,11,13,16-17H,2,6-7,9-10,12,14-15H2,1H3. The van der Waals surface area contributed by atoms with Gasteiger partial charge in [-0.1, -0.05) is 28.9 Å². The molecule has 6 nitrogen and oxygen atoms in total. The highest BCUT2D eigenvalue weighted by Crippen LogP contribution is 2.29. The number of carbonyl (C=O) groups is 2. The van der Waals surface area contributed by atoms with Crippen LogP contribution in [0, 0.1) is 11.8 Å². The first kappa shape index (κ1) is 20.1. The molecule has 1 atom stereocenters. The third-order valence-electron chi connectivity index (χ3n) is 6.09. The number of rotatable bonds is 5. The lowest BCUT2D eigenvalue weighted by atomic mass is 9.95. The minimum atomic E-state index is -0.238. The van der Waals surface area contributed by atoms with E-state index >= 15 is 0 Å². The van der Waals surface area contributed by atoms with Crippen molar-refractivity contribution < 1.29 is 9.59 Å². The number of benzene rings is 1. The first-order valence-electron chi connectivity index (χ1n) is 10.4. The fourth-order valence-corrected chi connectivity index (χ4v) is 4.85. The normalized spacial score (nSPS) is 20.5. The quantitative estimate of drug-likeness (QED) is 0.688. The van der Waals surface area contributed by atoms with Crippen molar-refractivity contribution in [2.75, 3.05) is 24.5 Å². The molecule has 2 aromatic rings. The van der Waals surface area contributed by atoms with Gasteiger partial charge < -0.3 is 14.4 Å². The number of piperidine rings is 1. The van der Waals surface area contributed by atoms with Gasteiger partial charge in [0.05, 0.1) is 5.92 Å². The Balaban J connectivity index is 1.32. The van der Waals surface area contributed by atoms with E-state index in [1.165, 1.54) is 0 Å². The van der Waals surface area contributed by atoms with Gasteiger partial charge in [0.1, 0.15) is 5.82 Å². The van der Waals surface area contributed by atoms with Crippen molar-refractivity contribution in [3.63, 3.8) is 0 Å². The Hall–Kier alpha value is -2.15. The van der Waals surface area contributed by atoms with Crippen molar-refractivity contribution in [1.29, 1.82) is 0 Å². The number of aromatic nitrogens is 2. The second-order valence-corrected chi connectivity index (χ2v) is 8.92. The molecule has 0 spiro atoms. The molecular formula is C22H27BrN4O2. The lowest BCUT2D eigenvalue weighted by molar-refractivity contribution is -0.137. The minimum absolute atomic E-state index is 0.0311. The number of imidazole rings is 1. The highest BCUT2D eigenvalue weighted by atomic mass is 79.9. The Bertz CT molecular complexity index is 888. The maximum absolute atomic E-state index is 13.0. The van der Waals surface area contributed by atoms with Crippen LogP contribution in [0.3, 0.4) is 0 Å². The second kappa shape index (κ2) is 8.69. The van der Waals surface area contributed by atoms with Crippen LogP contribution in [0.5, 0.6) is 0 Å². The Labute approximate surface area is 180 Å². The van der Waals surface area contributed by atoms with Gasteiger partial charge in [0, 0.05) is 61.6 Å². The SMILES string of the molecule is CCc1nccn1CC1CCN(C(=O)C2CC(=O)N(c3cccc(Br)c3)C2)CC1. The van der Waals surface area contributed by atoms with E-state index in [0.29, 0.717) is 18.9 Å². The van der Waals surface area contributed by atoms with Crippen LogP contribution < -0.4 is 4.90 Å². The van der Waals surface area contributed by atoms with Crippen molar-refractivity contribution in [3.8, 4) is 0 Å². The zero-order valence-corrected chi connectivity index (χ0v) is 18.3. The Morgan fingerprint density at radius 3 is 2.79 bits per heavy atom. The van der Waals surface area contributed by atoms with E-state index in [-0.39, 0.29) is 17.7 Å². The molecule has 2 aliphatic rings. The highest BCUT2D eigenvalue weighted by Gasteiger charge is 2.38. The fourth-order valence-electron chi connectivity index (χ4n) is 4.46. The summed E-state index contributed by atoms with van der Waals surface area (Å²) in [7, 11) is 0. The Morgan fingerprint density at radius 2 is 2.07 bits per heavy atom. The Morgan fingerprint density at radius 1 is 1.28 bits per heavy atom. The van der Waals surface area contributed by atoms with E-state index in [9.17, 15) is 9.59 Å². The number of nitrogens with zero attached hydrogens (tertiary/aromatic N) is 4. The largest absolute Gasteiger partial charge is 0.342 e. The number of likely N-dealkylation sites (tertiary alicyclic amines) is 1. The molecule has 154 valence electrons. The molecule has 2 aliphatic heterocycles. The molecule has 7 heteroatoms. The molecule has 29 heavy (non-hydrogen) atoms. The van der Waals surface area contributed by atoms with Crippen molar-refractivity contribution in [2.45, 2.75) is 39.2 Å². The highest BCUT2D eigenvalue weighted by molar-refractivity contribution is 9.10. The molecule has 4 rings (SSSR count). The van der Waals surface area contributed by atoms with Crippen LogP contribution in [-0.2, 0) is 22.6 Å². The molecule has 2 saturated heterocycles. The van der Waals surface area contributed by atoms with E-state index in [2.05, 4.69) is 38.6 Å². The predicted molar refractivity (Wildman–Crippen MR) is 116 cm³/mol. The molecule has 3 heterocycles. The number of amides is 2. The van der Waals surface area contributed by atoms with Crippen LogP contribution in [0.1, 0.15) is 32.0 Å². The molecule has 2 amide bonds. The third kappa shape index (κ3) is 4.39. The average molecular weight is 459 g/mol. The molecule has 0 aliphatic carbocycles. The lowest BCUT2D eigenvalue weighted by Gasteiger charge is -2.33. The number of hydrogen-bond donors (Lipinski definition) is 0. The van der Waals surface area contributed by atoms with Crippen molar-refractivity contribution in [1.82, 2.24) is 14.5 Å². The summed E-state index contributed by atoms with van der Waals surface area (Å²) < 4.78 is 3.18. The zero-order valence-electron chi connectivity index (χ0n) is 16.8. The number of anilines is 1. The summed E-state index contributed by atoms with van der Waals surface area (Å²) in [5, 5.41) is 0. The second-order valence-electron chi connectivity index (χ2n) is 8.00. The van der Waals surface area contributed by atoms with Gasteiger partial charge >= 0.3 is 0 Å². The van der Waals surface area contributed by atoms with E-state index < -0.39 is 0 Å². The smallest absolute Gasteiger partial charge is 0.228 e. The number of aryl methyl sites for hydroxylation is 1. The molecule has 1 aromatic carbocycles. The van der Waals surface area contributed by atoms with Crippen LogP contribution in [0.4, 0.5) is 5.69 Å². The van der Waals surface area contributed by atoms with Crippen LogP contribution in [0.2, 0.25) is 0 Å². The van der Waals surface area contributed by atoms with Gasteiger partial charge in [0.2, 0.25) is 11.8 Å². The lowest BCUT2D eigenvalue weighted by Crippen LogP contribution is -2.43. The molecule has 1 unspecified atom stereocenters. The van der Waals surface area contributed by atoms with Gasteiger partial charge in [0.15, 0.2) is 0 Å². The first-order chi connectivity index (χ1) is 14.0. The molecule has 0 saturated carbocycles. The molecule has 0 radical (unpaired) electrons. The third-order valence-corrected chi connectivity index (χ3v) is 6.59. The minimum Gasteiger partial charge on any atom is -0.342 e. The van der Waals surface area contributed by atoms with Crippen LogP contribution >= 0.6 is 15.9 Å². The van der Waals surface area contributed by atoms with Crippen molar-refractivity contribution >= 4 is 33.4 Å². The molecule has 0 N–H and O–H groups in total. The fraction of sp³-hybridized carbons (Fsp3) is 0.500. The van der Waals surface area contributed by atoms with Crippen LogP contribution in [-0.4, -0.2) is 45.9 Å². The molecular weight excluding hydrogens is 432 g/mol. The number of carbonyl (C=O) groups excluding carboxylic acids is 2. The first-order valence-corrected chi connectivity index (χ1v) is 11.2. The van der Waals surface area contributed by atoms with Gasteiger partial charge in [-0.25, -0.2) is 4.98 Å². The van der Waals surface area contributed by atoms with E-state index in [4.69, 9.17) is 0 Å². The van der Waals surface area contributed by atoms with Crippen molar-refractivity contribution in [3.05, 3.63) is 47.0 Å². The van der Waals surface area contributed by atoms with Gasteiger partial charge in [-0.2, -0.15) is 0 Å².